The zero-order valence-electron chi connectivity index (χ0n) is 20.8. The zero-order valence-corrected chi connectivity index (χ0v) is 20.8. The highest BCUT2D eigenvalue weighted by Gasteiger charge is 2.32. The number of benzene rings is 1. The summed E-state index contributed by atoms with van der Waals surface area (Å²) in [5, 5.41) is 5.60. The Morgan fingerprint density at radius 2 is 1.75 bits per heavy atom. The third-order valence-corrected chi connectivity index (χ3v) is 5.01. The van der Waals surface area contributed by atoms with E-state index in [1.165, 1.54) is 0 Å². The lowest BCUT2D eigenvalue weighted by Gasteiger charge is -2.33. The first-order valence-corrected chi connectivity index (χ1v) is 11.6. The van der Waals surface area contributed by atoms with Gasteiger partial charge >= 0.3 is 6.09 Å². The zero-order chi connectivity index (χ0) is 24.3. The van der Waals surface area contributed by atoms with Gasteiger partial charge in [0.1, 0.15) is 18.2 Å². The van der Waals surface area contributed by atoms with E-state index in [1.54, 1.807) is 25.7 Å². The molecule has 3 amide bonds. The van der Waals surface area contributed by atoms with Gasteiger partial charge in [-0.3, -0.25) is 9.59 Å². The fraction of sp³-hybridized carbons (Fsp3) is 0.640. The minimum atomic E-state index is -0.769. The lowest BCUT2D eigenvalue weighted by Crippen LogP contribution is -2.49. The first kappa shape index (κ1) is 27.5. The number of nitrogens with zero attached hydrogens (tertiary/aromatic N) is 1. The fourth-order valence-corrected chi connectivity index (χ4v) is 3.46. The van der Waals surface area contributed by atoms with Crippen LogP contribution in [0.1, 0.15) is 84.4 Å². The number of hydrogen-bond donors (Lipinski definition) is 2. The molecule has 0 aliphatic heterocycles. The monoisotopic (exact) mass is 447 g/mol. The van der Waals surface area contributed by atoms with Gasteiger partial charge in [-0.15, -0.1) is 0 Å². The Hall–Kier alpha value is -2.57. The predicted molar refractivity (Wildman–Crippen MR) is 127 cm³/mol. The van der Waals surface area contributed by atoms with Crippen molar-refractivity contribution in [3.63, 3.8) is 0 Å². The smallest absolute Gasteiger partial charge is 0.408 e. The van der Waals surface area contributed by atoms with E-state index in [2.05, 4.69) is 17.6 Å². The lowest BCUT2D eigenvalue weighted by molar-refractivity contribution is -0.140. The van der Waals surface area contributed by atoms with Gasteiger partial charge in [0.15, 0.2) is 0 Å². The van der Waals surface area contributed by atoms with E-state index in [0.29, 0.717) is 6.54 Å². The minimum Gasteiger partial charge on any atom is -0.444 e. The van der Waals surface area contributed by atoms with Crippen molar-refractivity contribution >= 4 is 17.9 Å². The molecule has 0 aliphatic rings. The van der Waals surface area contributed by atoms with E-state index in [4.69, 9.17) is 4.74 Å². The summed E-state index contributed by atoms with van der Waals surface area (Å²) in [4.78, 5) is 40.3. The molecule has 7 heteroatoms. The van der Waals surface area contributed by atoms with Crippen LogP contribution in [-0.2, 0) is 14.3 Å². The van der Waals surface area contributed by atoms with Crippen molar-refractivity contribution in [2.24, 2.45) is 0 Å². The molecule has 2 unspecified atom stereocenters. The van der Waals surface area contributed by atoms with Crippen molar-refractivity contribution in [3.8, 4) is 0 Å². The van der Waals surface area contributed by atoms with Crippen LogP contribution in [0.2, 0.25) is 0 Å². The lowest BCUT2D eigenvalue weighted by atomic mass is 9.98. The Morgan fingerprint density at radius 1 is 1.09 bits per heavy atom. The van der Waals surface area contributed by atoms with Crippen molar-refractivity contribution in [2.75, 3.05) is 13.1 Å². The Labute approximate surface area is 193 Å². The van der Waals surface area contributed by atoms with Crippen LogP contribution in [0.25, 0.3) is 0 Å². The first-order chi connectivity index (χ1) is 15.0. The Balaban J connectivity index is 3.19. The average Bonchev–Trinajstić information content (AvgIpc) is 2.69. The Bertz CT molecular complexity index is 758. The van der Waals surface area contributed by atoms with E-state index >= 15 is 0 Å². The molecule has 0 fully saturated rings. The summed E-state index contributed by atoms with van der Waals surface area (Å²) in [6, 6.07) is 6.84. The maximum atomic E-state index is 13.4. The molecule has 0 aromatic heterocycles. The molecule has 1 rings (SSSR count). The maximum Gasteiger partial charge on any atom is 0.408 e. The molecule has 32 heavy (non-hydrogen) atoms. The van der Waals surface area contributed by atoms with Crippen LogP contribution in [0.15, 0.2) is 24.3 Å². The predicted octanol–water partition coefficient (Wildman–Crippen LogP) is 4.49. The normalized spacial score (nSPS) is 13.1. The molecule has 0 aliphatic carbocycles. The Kier molecular flexibility index (Phi) is 11.2. The third-order valence-electron chi connectivity index (χ3n) is 5.01. The number of ether oxygens (including phenoxy) is 1. The number of amides is 3. The van der Waals surface area contributed by atoms with Gasteiger partial charge in [-0.25, -0.2) is 4.79 Å². The van der Waals surface area contributed by atoms with Crippen LogP contribution in [-0.4, -0.2) is 47.5 Å². The number of carbonyl (C=O) groups excluding carboxylic acids is 3. The molecule has 1 aromatic carbocycles. The molecule has 1 aromatic rings. The summed E-state index contributed by atoms with van der Waals surface area (Å²) >= 11 is 0. The van der Waals surface area contributed by atoms with Gasteiger partial charge in [0.05, 0.1) is 0 Å². The maximum absolute atomic E-state index is 13.4. The van der Waals surface area contributed by atoms with Gasteiger partial charge in [0.25, 0.3) is 0 Å². The van der Waals surface area contributed by atoms with Crippen LogP contribution >= 0.6 is 0 Å². The topological polar surface area (TPSA) is 87.7 Å². The van der Waals surface area contributed by atoms with Gasteiger partial charge < -0.3 is 20.3 Å². The number of hydrogen-bond acceptors (Lipinski definition) is 4. The van der Waals surface area contributed by atoms with E-state index in [9.17, 15) is 14.4 Å². The molecule has 7 nitrogen and oxygen atoms in total. The van der Waals surface area contributed by atoms with Crippen molar-refractivity contribution < 1.29 is 19.1 Å². The van der Waals surface area contributed by atoms with Crippen LogP contribution < -0.4 is 10.6 Å². The molecule has 2 N–H and O–H groups in total. The first-order valence-electron chi connectivity index (χ1n) is 11.6. The Morgan fingerprint density at radius 3 is 2.31 bits per heavy atom. The number of nitrogens with one attached hydrogen (secondary N) is 2. The van der Waals surface area contributed by atoms with E-state index < -0.39 is 17.7 Å². The van der Waals surface area contributed by atoms with Gasteiger partial charge in [0.2, 0.25) is 11.8 Å². The highest BCUT2D eigenvalue weighted by atomic mass is 16.6. The molecule has 2 atom stereocenters. The van der Waals surface area contributed by atoms with Crippen molar-refractivity contribution in [1.82, 2.24) is 15.5 Å². The molecule has 0 radical (unpaired) electrons. The van der Waals surface area contributed by atoms with Crippen molar-refractivity contribution in [2.45, 2.75) is 91.8 Å². The fourth-order valence-electron chi connectivity index (χ4n) is 3.46. The molecule has 180 valence electrons. The summed E-state index contributed by atoms with van der Waals surface area (Å²) in [5.74, 6) is -0.530. The van der Waals surface area contributed by atoms with E-state index in [1.807, 2.05) is 45.0 Å². The van der Waals surface area contributed by atoms with E-state index in [-0.39, 0.29) is 24.4 Å². The third kappa shape index (κ3) is 9.28. The van der Waals surface area contributed by atoms with Gasteiger partial charge in [-0.05, 0) is 58.6 Å². The van der Waals surface area contributed by atoms with Crippen LogP contribution in [0.3, 0.4) is 0 Å². The van der Waals surface area contributed by atoms with Gasteiger partial charge in [-0.1, -0.05) is 51.0 Å². The molecular weight excluding hydrogens is 406 g/mol. The quantitative estimate of drug-likeness (QED) is 0.523. The molecule has 0 bridgehead atoms. The number of unbranched alkanes of at least 4 members (excludes halogenated alkanes) is 1. The number of rotatable bonds is 11. The second-order valence-electron chi connectivity index (χ2n) is 9.25. The summed E-state index contributed by atoms with van der Waals surface area (Å²) in [7, 11) is 0. The van der Waals surface area contributed by atoms with Crippen LogP contribution in [0.5, 0.6) is 0 Å². The van der Waals surface area contributed by atoms with Crippen LogP contribution in [0.4, 0.5) is 4.79 Å². The number of aryl methyl sites for hydroxylation is 1. The highest BCUT2D eigenvalue weighted by Crippen LogP contribution is 2.25. The average molecular weight is 448 g/mol. The van der Waals surface area contributed by atoms with Crippen LogP contribution in [0, 0.1) is 6.92 Å². The largest absolute Gasteiger partial charge is 0.444 e. The number of alkyl carbamates (subject to hydrolysis) is 1. The van der Waals surface area contributed by atoms with E-state index in [0.717, 1.165) is 36.8 Å². The second kappa shape index (κ2) is 13.1. The SMILES string of the molecule is CCCCN(C(=O)CNC(=O)OC(C)(C)C)C(C(=O)NC(C)CCC)c1ccccc1C. The summed E-state index contributed by atoms with van der Waals surface area (Å²) in [6.45, 7) is 13.5. The van der Waals surface area contributed by atoms with Gasteiger partial charge in [0, 0.05) is 12.6 Å². The standard InChI is InChI=1S/C25H41N3O4/c1-8-10-16-28(21(29)17-26-24(31)32-25(5,6)7)22(20-15-12-11-14-18(20)3)23(30)27-19(4)13-9-2/h11-12,14-15,19,22H,8-10,13,16-17H2,1-7H3,(H,26,31)(H,27,30). The van der Waals surface area contributed by atoms with Crippen molar-refractivity contribution in [1.29, 1.82) is 0 Å². The highest BCUT2D eigenvalue weighted by molar-refractivity contribution is 5.90. The molecule has 0 saturated carbocycles. The van der Waals surface area contributed by atoms with Crippen molar-refractivity contribution in [3.05, 3.63) is 35.4 Å². The second-order valence-corrected chi connectivity index (χ2v) is 9.25. The molecule has 0 spiro atoms. The summed E-state index contributed by atoms with van der Waals surface area (Å²) in [6.07, 6.45) is 2.77. The summed E-state index contributed by atoms with van der Waals surface area (Å²) in [5.41, 5.74) is 1.06. The molecule has 0 saturated heterocycles. The van der Waals surface area contributed by atoms with Gasteiger partial charge in [-0.2, -0.15) is 0 Å². The minimum absolute atomic E-state index is 0.00188. The number of carbonyl (C=O) groups is 3. The summed E-state index contributed by atoms with van der Waals surface area (Å²) < 4.78 is 5.24. The molecular formula is C25H41N3O4. The molecule has 0 heterocycles.